The van der Waals surface area contributed by atoms with Crippen molar-refractivity contribution in [2.75, 3.05) is 33.5 Å². The van der Waals surface area contributed by atoms with E-state index in [4.69, 9.17) is 14.2 Å². The van der Waals surface area contributed by atoms with Crippen molar-refractivity contribution in [2.24, 2.45) is 0 Å². The summed E-state index contributed by atoms with van der Waals surface area (Å²) < 4.78 is 53.9. The van der Waals surface area contributed by atoms with Gasteiger partial charge in [0, 0.05) is 20.3 Å². The Kier molecular flexibility index (Phi) is 11.3. The van der Waals surface area contributed by atoms with Crippen LogP contribution < -0.4 is 61.6 Å². The maximum atomic E-state index is 12.9. The smallest absolute Gasteiger partial charge is 0.494 e. The van der Waals surface area contributed by atoms with Crippen LogP contribution in [0.4, 0.5) is 12.9 Å². The molecule has 8 heteroatoms. The third kappa shape index (κ3) is 8.59. The molecule has 1 rings (SSSR count). The molecule has 0 heterocycles. The van der Waals surface area contributed by atoms with Crippen LogP contribution in [0.1, 0.15) is 12.0 Å². The van der Waals surface area contributed by atoms with Crippen LogP contribution in [-0.4, -0.2) is 40.5 Å². The molecule has 0 bridgehead atoms. The molecule has 1 aromatic rings. The van der Waals surface area contributed by atoms with Crippen LogP contribution in [0.2, 0.25) is 0 Å². The molecule has 0 atom stereocenters. The van der Waals surface area contributed by atoms with Crippen LogP contribution in [0.3, 0.4) is 0 Å². The van der Waals surface area contributed by atoms with Gasteiger partial charge in [0.2, 0.25) is 0 Å². The van der Waals surface area contributed by atoms with Gasteiger partial charge in [0.1, 0.15) is 6.61 Å². The summed E-state index contributed by atoms with van der Waals surface area (Å²) in [5.41, 5.74) is -0.133. The van der Waals surface area contributed by atoms with Gasteiger partial charge in [-0.1, -0.05) is 23.2 Å². The molecule has 0 aromatic heterocycles. The van der Waals surface area contributed by atoms with E-state index in [1.165, 1.54) is 6.07 Å². The first-order chi connectivity index (χ1) is 9.45. The number of benzene rings is 1. The third-order valence-corrected chi connectivity index (χ3v) is 2.64. The molecule has 0 saturated heterocycles. The summed E-state index contributed by atoms with van der Waals surface area (Å²) in [5.74, 6) is -0.136. The Morgan fingerprint density at radius 1 is 1.05 bits per heavy atom. The van der Waals surface area contributed by atoms with E-state index in [1.807, 2.05) is 0 Å². The molecular formula is C13H19BF3KO3. The Morgan fingerprint density at radius 2 is 1.76 bits per heavy atom. The van der Waals surface area contributed by atoms with Crippen molar-refractivity contribution in [3.05, 3.63) is 23.8 Å². The van der Waals surface area contributed by atoms with Crippen LogP contribution in [0, 0.1) is 6.92 Å². The Hall–Kier alpha value is 0.431. The predicted octanol–water partition coefficient (Wildman–Crippen LogP) is -0.515. The largest absolute Gasteiger partial charge is 1.00 e. The van der Waals surface area contributed by atoms with Crippen LogP contribution in [0.5, 0.6) is 5.75 Å². The minimum absolute atomic E-state index is 0. The molecule has 0 saturated carbocycles. The van der Waals surface area contributed by atoms with Crippen molar-refractivity contribution in [3.63, 3.8) is 0 Å². The molecule has 0 radical (unpaired) electrons. The van der Waals surface area contributed by atoms with Crippen LogP contribution in [0.25, 0.3) is 0 Å². The molecule has 0 unspecified atom stereocenters. The number of rotatable bonds is 9. The van der Waals surface area contributed by atoms with Crippen molar-refractivity contribution >= 4 is 12.4 Å². The Labute approximate surface area is 166 Å². The zero-order valence-electron chi connectivity index (χ0n) is 12.7. The summed E-state index contributed by atoms with van der Waals surface area (Å²) in [6.45, 7) is -2.01. The number of hydrogen-bond acceptors (Lipinski definition) is 3. The third-order valence-electron chi connectivity index (χ3n) is 2.64. The predicted molar refractivity (Wildman–Crippen MR) is 72.7 cm³/mol. The van der Waals surface area contributed by atoms with E-state index in [9.17, 15) is 12.9 Å². The summed E-state index contributed by atoms with van der Waals surface area (Å²) in [6, 6.07) is 4.06. The Balaban J connectivity index is 0.00000400. The van der Waals surface area contributed by atoms with E-state index in [0.717, 1.165) is 12.5 Å². The second kappa shape index (κ2) is 11.0. The summed E-state index contributed by atoms with van der Waals surface area (Å²) in [7, 11) is 1.60. The van der Waals surface area contributed by atoms with E-state index < -0.39 is 12.4 Å². The zero-order chi connectivity index (χ0) is 15.0. The Morgan fingerprint density at radius 3 is 2.38 bits per heavy atom. The van der Waals surface area contributed by atoms with Gasteiger partial charge in [0.05, 0.1) is 12.4 Å². The molecule has 114 valence electrons. The van der Waals surface area contributed by atoms with Gasteiger partial charge in [-0.3, -0.25) is 0 Å². The normalized spacial score (nSPS) is 11.1. The summed E-state index contributed by atoms with van der Waals surface area (Å²) in [4.78, 5) is 0. The monoisotopic (exact) mass is 330 g/mol. The van der Waals surface area contributed by atoms with Crippen molar-refractivity contribution in [2.45, 2.75) is 13.3 Å². The van der Waals surface area contributed by atoms with Crippen molar-refractivity contribution in [3.8, 4) is 5.75 Å². The van der Waals surface area contributed by atoms with Gasteiger partial charge in [-0.25, -0.2) is 0 Å². The first kappa shape index (κ1) is 21.4. The average molecular weight is 330 g/mol. The number of methoxy groups -OCH3 is 1. The van der Waals surface area contributed by atoms with Gasteiger partial charge in [0.25, 0.3) is 0 Å². The van der Waals surface area contributed by atoms with E-state index in [-0.39, 0.29) is 70.3 Å². The second-order valence-corrected chi connectivity index (χ2v) is 4.42. The summed E-state index contributed by atoms with van der Waals surface area (Å²) >= 11 is 0. The summed E-state index contributed by atoms with van der Waals surface area (Å²) in [6.07, 6.45) is 0.748. The van der Waals surface area contributed by atoms with Gasteiger partial charge < -0.3 is 27.2 Å². The van der Waals surface area contributed by atoms with E-state index in [1.54, 1.807) is 20.1 Å². The molecule has 21 heavy (non-hydrogen) atoms. The van der Waals surface area contributed by atoms with Gasteiger partial charge in [-0.15, -0.1) is 0 Å². The van der Waals surface area contributed by atoms with Gasteiger partial charge in [0.15, 0.2) is 0 Å². The number of ether oxygens (including phenoxy) is 3. The average Bonchev–Trinajstić information content (AvgIpc) is 2.38. The molecular weight excluding hydrogens is 311 g/mol. The van der Waals surface area contributed by atoms with Crippen LogP contribution >= 0.6 is 0 Å². The number of halogens is 3. The number of aryl methyl sites for hydroxylation is 1. The first-order valence-electron chi connectivity index (χ1n) is 6.45. The molecule has 0 spiro atoms. The van der Waals surface area contributed by atoms with E-state index in [0.29, 0.717) is 18.8 Å². The van der Waals surface area contributed by atoms with E-state index in [2.05, 4.69) is 0 Å². The van der Waals surface area contributed by atoms with Crippen LogP contribution in [-0.2, 0) is 9.47 Å². The molecule has 0 N–H and O–H groups in total. The molecule has 0 fully saturated rings. The topological polar surface area (TPSA) is 27.7 Å². The molecule has 0 amide bonds. The first-order valence-corrected chi connectivity index (χ1v) is 6.45. The minimum atomic E-state index is -5.07. The second-order valence-electron chi connectivity index (χ2n) is 4.42. The molecule has 1 aromatic carbocycles. The fourth-order valence-electron chi connectivity index (χ4n) is 1.67. The van der Waals surface area contributed by atoms with Gasteiger partial charge in [-0.2, -0.15) is 0 Å². The zero-order valence-corrected chi connectivity index (χ0v) is 15.8. The van der Waals surface area contributed by atoms with Gasteiger partial charge >= 0.3 is 58.4 Å². The van der Waals surface area contributed by atoms with Gasteiger partial charge in [-0.05, 0) is 19.4 Å². The SMILES string of the molecule is COCCCOCCOc1ccc(C)cc1[B-](F)(F)F.[K+]. The van der Waals surface area contributed by atoms with Crippen molar-refractivity contribution < 1.29 is 78.5 Å². The Bertz CT molecular complexity index is 416. The standard InChI is InChI=1S/C13H19BF3O3.K/c1-11-4-5-13(12(10-11)14(15,16)17)20-9-8-19-7-3-6-18-2;/h4-5,10H,3,6-9H2,1-2H3;/q-1;+1. The van der Waals surface area contributed by atoms with Crippen molar-refractivity contribution in [1.82, 2.24) is 0 Å². The van der Waals surface area contributed by atoms with Crippen LogP contribution in [0.15, 0.2) is 18.2 Å². The maximum absolute atomic E-state index is 12.9. The molecule has 0 aliphatic rings. The minimum Gasteiger partial charge on any atom is -0.494 e. The van der Waals surface area contributed by atoms with Crippen molar-refractivity contribution in [1.29, 1.82) is 0 Å². The fraction of sp³-hybridized carbons (Fsp3) is 0.538. The maximum Gasteiger partial charge on any atom is 1.00 e. The molecule has 0 aliphatic heterocycles. The number of hydrogen-bond donors (Lipinski definition) is 0. The molecule has 3 nitrogen and oxygen atoms in total. The quantitative estimate of drug-likeness (QED) is 0.451. The van der Waals surface area contributed by atoms with E-state index >= 15 is 0 Å². The summed E-state index contributed by atoms with van der Waals surface area (Å²) in [5, 5.41) is 0. The fourth-order valence-corrected chi connectivity index (χ4v) is 1.67. The molecule has 0 aliphatic carbocycles.